The predicted molar refractivity (Wildman–Crippen MR) is 63.7 cm³/mol. The SMILES string of the molecule is CCCNC(=O)CNC(=O)[C@@H](N)C(C)(C)C. The maximum Gasteiger partial charge on any atom is 0.239 e. The van der Waals surface area contributed by atoms with Crippen molar-refractivity contribution in [2.45, 2.75) is 40.2 Å². The summed E-state index contributed by atoms with van der Waals surface area (Å²) in [5, 5.41) is 5.19. The van der Waals surface area contributed by atoms with Gasteiger partial charge in [0.25, 0.3) is 0 Å². The summed E-state index contributed by atoms with van der Waals surface area (Å²) >= 11 is 0. The monoisotopic (exact) mass is 229 g/mol. The average molecular weight is 229 g/mol. The zero-order valence-corrected chi connectivity index (χ0v) is 10.6. The Morgan fingerprint density at radius 1 is 1.25 bits per heavy atom. The minimum Gasteiger partial charge on any atom is -0.355 e. The number of nitrogens with one attached hydrogen (secondary N) is 2. The molecule has 5 nitrogen and oxygen atoms in total. The summed E-state index contributed by atoms with van der Waals surface area (Å²) in [6.07, 6.45) is 0.876. The van der Waals surface area contributed by atoms with Crippen LogP contribution < -0.4 is 16.4 Å². The Kier molecular flexibility index (Phi) is 6.03. The highest BCUT2D eigenvalue weighted by Gasteiger charge is 2.27. The lowest BCUT2D eigenvalue weighted by Gasteiger charge is -2.25. The fourth-order valence-corrected chi connectivity index (χ4v) is 0.998. The average Bonchev–Trinajstić information content (AvgIpc) is 2.20. The van der Waals surface area contributed by atoms with Crippen molar-refractivity contribution in [3.8, 4) is 0 Å². The van der Waals surface area contributed by atoms with Crippen molar-refractivity contribution in [1.82, 2.24) is 10.6 Å². The summed E-state index contributed by atoms with van der Waals surface area (Å²) in [5.41, 5.74) is 5.44. The molecule has 0 aliphatic carbocycles. The maximum atomic E-state index is 11.6. The Balaban J connectivity index is 3.94. The van der Waals surface area contributed by atoms with Crippen molar-refractivity contribution in [3.05, 3.63) is 0 Å². The Morgan fingerprint density at radius 3 is 2.25 bits per heavy atom. The molecule has 5 heteroatoms. The van der Waals surface area contributed by atoms with Crippen LogP contribution in [0.4, 0.5) is 0 Å². The van der Waals surface area contributed by atoms with Crippen LogP contribution in [0.5, 0.6) is 0 Å². The van der Waals surface area contributed by atoms with E-state index in [9.17, 15) is 9.59 Å². The van der Waals surface area contributed by atoms with Crippen LogP contribution >= 0.6 is 0 Å². The van der Waals surface area contributed by atoms with Crippen molar-refractivity contribution in [1.29, 1.82) is 0 Å². The van der Waals surface area contributed by atoms with E-state index < -0.39 is 6.04 Å². The third-order valence-corrected chi connectivity index (χ3v) is 2.21. The third kappa shape index (κ3) is 5.70. The molecule has 0 aromatic carbocycles. The van der Waals surface area contributed by atoms with Gasteiger partial charge in [-0.1, -0.05) is 27.7 Å². The van der Waals surface area contributed by atoms with Crippen LogP contribution in [-0.2, 0) is 9.59 Å². The highest BCUT2D eigenvalue weighted by atomic mass is 16.2. The lowest BCUT2D eigenvalue weighted by atomic mass is 9.87. The summed E-state index contributed by atoms with van der Waals surface area (Å²) in [7, 11) is 0. The molecule has 0 aromatic rings. The van der Waals surface area contributed by atoms with E-state index in [1.54, 1.807) is 0 Å². The van der Waals surface area contributed by atoms with Gasteiger partial charge in [0, 0.05) is 6.54 Å². The van der Waals surface area contributed by atoms with Gasteiger partial charge in [-0.2, -0.15) is 0 Å². The van der Waals surface area contributed by atoms with Crippen LogP contribution in [0.3, 0.4) is 0 Å². The summed E-state index contributed by atoms with van der Waals surface area (Å²) in [5.74, 6) is -0.476. The molecule has 0 fully saturated rings. The van der Waals surface area contributed by atoms with Gasteiger partial charge in [0.2, 0.25) is 11.8 Å². The molecule has 4 N–H and O–H groups in total. The normalized spacial score (nSPS) is 13.1. The molecule has 0 bridgehead atoms. The van der Waals surface area contributed by atoms with Gasteiger partial charge >= 0.3 is 0 Å². The molecule has 0 saturated heterocycles. The number of rotatable bonds is 5. The molecule has 1 atom stereocenters. The van der Waals surface area contributed by atoms with Crippen molar-refractivity contribution in [2.24, 2.45) is 11.1 Å². The van der Waals surface area contributed by atoms with Crippen molar-refractivity contribution in [3.63, 3.8) is 0 Å². The number of carbonyl (C=O) groups excluding carboxylic acids is 2. The highest BCUT2D eigenvalue weighted by molar-refractivity contribution is 5.87. The first-order valence-electron chi connectivity index (χ1n) is 5.59. The van der Waals surface area contributed by atoms with E-state index in [1.807, 2.05) is 27.7 Å². The van der Waals surface area contributed by atoms with Gasteiger partial charge in [0.05, 0.1) is 12.6 Å². The molecule has 0 saturated carbocycles. The molecular weight excluding hydrogens is 206 g/mol. The lowest BCUT2D eigenvalue weighted by molar-refractivity contribution is -0.128. The third-order valence-electron chi connectivity index (χ3n) is 2.21. The van der Waals surface area contributed by atoms with Gasteiger partial charge in [-0.05, 0) is 11.8 Å². The minimum absolute atomic E-state index is 0.0113. The second-order valence-corrected chi connectivity index (χ2v) is 4.91. The molecule has 0 aliphatic heterocycles. The number of amides is 2. The smallest absolute Gasteiger partial charge is 0.239 e. The second-order valence-electron chi connectivity index (χ2n) is 4.91. The van der Waals surface area contributed by atoms with Gasteiger partial charge in [0.15, 0.2) is 0 Å². The van der Waals surface area contributed by atoms with E-state index in [1.165, 1.54) is 0 Å². The van der Waals surface area contributed by atoms with Gasteiger partial charge in [-0.15, -0.1) is 0 Å². The molecule has 0 aromatic heterocycles. The molecule has 0 unspecified atom stereocenters. The van der Waals surface area contributed by atoms with Crippen molar-refractivity contribution < 1.29 is 9.59 Å². The Morgan fingerprint density at radius 2 is 1.81 bits per heavy atom. The van der Waals surface area contributed by atoms with Gasteiger partial charge in [-0.25, -0.2) is 0 Å². The predicted octanol–water partition coefficient (Wildman–Crippen LogP) is 0.00220. The number of hydrogen-bond donors (Lipinski definition) is 3. The van der Waals surface area contributed by atoms with Crippen LogP contribution in [0.15, 0.2) is 0 Å². The van der Waals surface area contributed by atoms with Crippen molar-refractivity contribution >= 4 is 11.8 Å². The number of hydrogen-bond acceptors (Lipinski definition) is 3. The summed E-state index contributed by atoms with van der Waals surface area (Å²) < 4.78 is 0. The van der Waals surface area contributed by atoms with Crippen LogP contribution in [0, 0.1) is 5.41 Å². The van der Waals surface area contributed by atoms with Gasteiger partial charge in [0.1, 0.15) is 0 Å². The first kappa shape index (κ1) is 14.9. The molecular formula is C11H23N3O2. The standard InChI is InChI=1S/C11H23N3O2/c1-5-6-13-8(15)7-14-10(16)9(12)11(2,3)4/h9H,5-7,12H2,1-4H3,(H,13,15)(H,14,16)/t9-/m1/s1. The van der Waals surface area contributed by atoms with E-state index in [0.29, 0.717) is 6.54 Å². The zero-order chi connectivity index (χ0) is 12.8. The van der Waals surface area contributed by atoms with Gasteiger partial charge < -0.3 is 16.4 Å². The number of carbonyl (C=O) groups is 2. The van der Waals surface area contributed by atoms with E-state index in [-0.39, 0.29) is 23.8 Å². The molecule has 94 valence electrons. The van der Waals surface area contributed by atoms with Crippen LogP contribution in [-0.4, -0.2) is 30.9 Å². The first-order valence-corrected chi connectivity index (χ1v) is 5.59. The van der Waals surface area contributed by atoms with E-state index >= 15 is 0 Å². The molecule has 2 amide bonds. The molecule has 16 heavy (non-hydrogen) atoms. The maximum absolute atomic E-state index is 11.6. The molecule has 0 rings (SSSR count). The Hall–Kier alpha value is -1.10. The fourth-order valence-electron chi connectivity index (χ4n) is 0.998. The Labute approximate surface area is 97.2 Å². The minimum atomic E-state index is -0.605. The lowest BCUT2D eigenvalue weighted by Crippen LogP contribution is -2.50. The topological polar surface area (TPSA) is 84.2 Å². The molecule has 0 spiro atoms. The number of nitrogens with two attached hydrogens (primary N) is 1. The van der Waals surface area contributed by atoms with Crippen molar-refractivity contribution in [2.75, 3.05) is 13.1 Å². The summed E-state index contributed by atoms with van der Waals surface area (Å²) in [4.78, 5) is 22.8. The first-order chi connectivity index (χ1) is 7.29. The van der Waals surface area contributed by atoms with E-state index in [2.05, 4.69) is 10.6 Å². The van der Waals surface area contributed by atoms with Crippen LogP contribution in [0.1, 0.15) is 34.1 Å². The highest BCUT2D eigenvalue weighted by Crippen LogP contribution is 2.16. The largest absolute Gasteiger partial charge is 0.355 e. The quantitative estimate of drug-likeness (QED) is 0.620. The summed E-state index contributed by atoms with van der Waals surface area (Å²) in [6.45, 7) is 8.23. The van der Waals surface area contributed by atoms with Crippen LogP contribution in [0.2, 0.25) is 0 Å². The fraction of sp³-hybridized carbons (Fsp3) is 0.818. The molecule has 0 radical (unpaired) electrons. The second kappa shape index (κ2) is 6.48. The van der Waals surface area contributed by atoms with Crippen LogP contribution in [0.25, 0.3) is 0 Å². The van der Waals surface area contributed by atoms with E-state index in [4.69, 9.17) is 5.73 Å². The Bertz CT molecular complexity index is 246. The van der Waals surface area contributed by atoms with E-state index in [0.717, 1.165) is 6.42 Å². The molecule has 0 aliphatic rings. The van der Waals surface area contributed by atoms with Gasteiger partial charge in [-0.3, -0.25) is 9.59 Å². The summed E-state index contributed by atoms with van der Waals surface area (Å²) in [6, 6.07) is -0.605. The zero-order valence-electron chi connectivity index (χ0n) is 10.6. The molecule has 0 heterocycles.